The van der Waals surface area contributed by atoms with E-state index in [0.29, 0.717) is 12.6 Å². The predicted molar refractivity (Wildman–Crippen MR) is 39.2 cm³/mol. The summed E-state index contributed by atoms with van der Waals surface area (Å²) in [5.74, 6) is -0.00488. The molecule has 1 amide bonds. The van der Waals surface area contributed by atoms with Gasteiger partial charge in [0.05, 0.1) is 0 Å². The Hall–Kier alpha value is -0.610. The molecule has 0 aromatic carbocycles. The lowest BCUT2D eigenvalue weighted by molar-refractivity contribution is -0.159. The van der Waals surface area contributed by atoms with E-state index >= 15 is 0 Å². The third kappa shape index (κ3) is 0.937. The topological polar surface area (TPSA) is 50.4 Å². The third-order valence-corrected chi connectivity index (χ3v) is 2.57. The Balaban J connectivity index is 2.01. The Labute approximate surface area is 65.3 Å². The van der Waals surface area contributed by atoms with Crippen molar-refractivity contribution >= 4 is 5.91 Å². The van der Waals surface area contributed by atoms with Gasteiger partial charge in [0, 0.05) is 19.1 Å². The standard InChI is InChI=1S/C7H12N2O2/c1-5-7(3-8-5)4-9-6(10)2-11-7/h5,8H,2-4H2,1H3,(H,9,10). The van der Waals surface area contributed by atoms with Crippen molar-refractivity contribution in [2.75, 3.05) is 19.7 Å². The molecule has 2 N–H and O–H groups in total. The Morgan fingerprint density at radius 1 is 1.64 bits per heavy atom. The Morgan fingerprint density at radius 2 is 2.45 bits per heavy atom. The van der Waals surface area contributed by atoms with Crippen LogP contribution in [0.4, 0.5) is 0 Å². The highest BCUT2D eigenvalue weighted by atomic mass is 16.5. The van der Waals surface area contributed by atoms with Gasteiger partial charge in [0.15, 0.2) is 0 Å². The van der Waals surface area contributed by atoms with E-state index in [1.54, 1.807) is 0 Å². The molecule has 0 radical (unpaired) electrons. The van der Waals surface area contributed by atoms with Crippen LogP contribution in [0.5, 0.6) is 0 Å². The highest BCUT2D eigenvalue weighted by Gasteiger charge is 2.47. The van der Waals surface area contributed by atoms with Crippen molar-refractivity contribution in [1.82, 2.24) is 10.6 Å². The maximum absolute atomic E-state index is 10.7. The van der Waals surface area contributed by atoms with Gasteiger partial charge in [-0.3, -0.25) is 4.79 Å². The van der Waals surface area contributed by atoms with E-state index in [1.807, 2.05) is 0 Å². The van der Waals surface area contributed by atoms with E-state index in [4.69, 9.17) is 4.74 Å². The molecular formula is C7H12N2O2. The first-order chi connectivity index (χ1) is 5.23. The summed E-state index contributed by atoms with van der Waals surface area (Å²) in [5, 5.41) is 6.01. The van der Waals surface area contributed by atoms with Crippen molar-refractivity contribution in [3.8, 4) is 0 Å². The average Bonchev–Trinajstić information content (AvgIpc) is 2.03. The summed E-state index contributed by atoms with van der Waals surface area (Å²) in [6.45, 7) is 3.79. The molecule has 0 saturated carbocycles. The van der Waals surface area contributed by atoms with Crippen LogP contribution in [0, 0.1) is 0 Å². The number of morpholine rings is 1. The fourth-order valence-electron chi connectivity index (χ4n) is 1.49. The molecular weight excluding hydrogens is 144 g/mol. The number of ether oxygens (including phenoxy) is 1. The fraction of sp³-hybridized carbons (Fsp3) is 0.857. The van der Waals surface area contributed by atoms with Crippen LogP contribution >= 0.6 is 0 Å². The second kappa shape index (κ2) is 2.19. The van der Waals surface area contributed by atoms with Crippen LogP contribution in [0.1, 0.15) is 6.92 Å². The van der Waals surface area contributed by atoms with Crippen molar-refractivity contribution in [3.63, 3.8) is 0 Å². The van der Waals surface area contributed by atoms with E-state index in [1.165, 1.54) is 0 Å². The normalized spacial score (nSPS) is 43.4. The van der Waals surface area contributed by atoms with Crippen LogP contribution in [0.3, 0.4) is 0 Å². The van der Waals surface area contributed by atoms with Crippen LogP contribution in [-0.4, -0.2) is 37.2 Å². The summed E-state index contributed by atoms with van der Waals surface area (Å²) >= 11 is 0. The maximum atomic E-state index is 10.7. The minimum atomic E-state index is -0.103. The molecule has 2 fully saturated rings. The molecule has 2 aliphatic heterocycles. The lowest BCUT2D eigenvalue weighted by atomic mass is 9.86. The zero-order valence-corrected chi connectivity index (χ0v) is 6.52. The minimum absolute atomic E-state index is 0.00488. The molecule has 0 aromatic heterocycles. The first-order valence-corrected chi connectivity index (χ1v) is 3.87. The summed E-state index contributed by atoms with van der Waals surface area (Å²) in [6.07, 6.45) is 0. The lowest BCUT2D eigenvalue weighted by Crippen LogP contribution is -2.74. The van der Waals surface area contributed by atoms with Gasteiger partial charge in [-0.1, -0.05) is 0 Å². The summed E-state index contributed by atoms with van der Waals surface area (Å²) in [4.78, 5) is 10.7. The Morgan fingerprint density at radius 3 is 2.82 bits per heavy atom. The molecule has 11 heavy (non-hydrogen) atoms. The fourth-order valence-corrected chi connectivity index (χ4v) is 1.49. The van der Waals surface area contributed by atoms with Gasteiger partial charge >= 0.3 is 0 Å². The van der Waals surface area contributed by atoms with Gasteiger partial charge in [0.2, 0.25) is 5.91 Å². The number of amides is 1. The molecule has 2 saturated heterocycles. The van der Waals surface area contributed by atoms with Crippen molar-refractivity contribution in [2.45, 2.75) is 18.6 Å². The van der Waals surface area contributed by atoms with Gasteiger partial charge in [-0.05, 0) is 6.92 Å². The van der Waals surface area contributed by atoms with Crippen LogP contribution in [0.2, 0.25) is 0 Å². The van der Waals surface area contributed by atoms with E-state index in [-0.39, 0.29) is 18.1 Å². The van der Waals surface area contributed by atoms with Crippen LogP contribution in [-0.2, 0) is 9.53 Å². The van der Waals surface area contributed by atoms with Crippen molar-refractivity contribution in [3.05, 3.63) is 0 Å². The number of rotatable bonds is 0. The number of nitrogens with one attached hydrogen (secondary N) is 2. The third-order valence-electron chi connectivity index (χ3n) is 2.57. The Kier molecular flexibility index (Phi) is 1.40. The molecule has 2 unspecified atom stereocenters. The van der Waals surface area contributed by atoms with Gasteiger partial charge in [-0.25, -0.2) is 0 Å². The Bertz CT molecular complexity index is 183. The molecule has 0 bridgehead atoms. The number of carbonyl (C=O) groups is 1. The van der Waals surface area contributed by atoms with Crippen LogP contribution < -0.4 is 10.6 Å². The SMILES string of the molecule is CC1NCC12CNC(=O)CO2. The van der Waals surface area contributed by atoms with E-state index in [2.05, 4.69) is 17.6 Å². The number of hydrogen-bond donors (Lipinski definition) is 2. The summed E-state index contributed by atoms with van der Waals surface area (Å²) in [5.41, 5.74) is -0.103. The molecule has 4 heteroatoms. The summed E-state index contributed by atoms with van der Waals surface area (Å²) in [7, 11) is 0. The number of carbonyl (C=O) groups excluding carboxylic acids is 1. The second-order valence-electron chi connectivity index (χ2n) is 3.23. The predicted octanol–water partition coefficient (Wildman–Crippen LogP) is -1.14. The van der Waals surface area contributed by atoms with Gasteiger partial charge in [-0.15, -0.1) is 0 Å². The number of hydrogen-bond acceptors (Lipinski definition) is 3. The molecule has 1 spiro atoms. The molecule has 62 valence electrons. The highest BCUT2D eigenvalue weighted by Crippen LogP contribution is 2.24. The molecule has 2 aliphatic rings. The quantitative estimate of drug-likeness (QED) is 0.466. The monoisotopic (exact) mass is 156 g/mol. The molecule has 0 aromatic rings. The molecule has 0 aliphatic carbocycles. The van der Waals surface area contributed by atoms with Crippen LogP contribution in [0.15, 0.2) is 0 Å². The van der Waals surface area contributed by atoms with E-state index < -0.39 is 0 Å². The van der Waals surface area contributed by atoms with Gasteiger partial charge in [0.1, 0.15) is 12.2 Å². The van der Waals surface area contributed by atoms with Crippen LogP contribution in [0.25, 0.3) is 0 Å². The highest BCUT2D eigenvalue weighted by molar-refractivity contribution is 5.78. The molecule has 2 rings (SSSR count). The molecule has 4 nitrogen and oxygen atoms in total. The summed E-state index contributed by atoms with van der Waals surface area (Å²) in [6, 6.07) is 0.364. The zero-order valence-electron chi connectivity index (χ0n) is 6.52. The first-order valence-electron chi connectivity index (χ1n) is 3.87. The largest absolute Gasteiger partial charge is 0.360 e. The van der Waals surface area contributed by atoms with Crippen molar-refractivity contribution < 1.29 is 9.53 Å². The van der Waals surface area contributed by atoms with Gasteiger partial charge in [-0.2, -0.15) is 0 Å². The lowest BCUT2D eigenvalue weighted by Gasteiger charge is -2.50. The van der Waals surface area contributed by atoms with Gasteiger partial charge < -0.3 is 15.4 Å². The summed E-state index contributed by atoms with van der Waals surface area (Å²) < 4.78 is 5.45. The average molecular weight is 156 g/mol. The van der Waals surface area contributed by atoms with Gasteiger partial charge in [0.25, 0.3) is 0 Å². The second-order valence-corrected chi connectivity index (χ2v) is 3.23. The first kappa shape index (κ1) is 7.06. The van der Waals surface area contributed by atoms with E-state index in [0.717, 1.165) is 6.54 Å². The maximum Gasteiger partial charge on any atom is 0.246 e. The molecule has 2 heterocycles. The molecule has 2 atom stereocenters. The van der Waals surface area contributed by atoms with E-state index in [9.17, 15) is 4.79 Å². The van der Waals surface area contributed by atoms with Crippen molar-refractivity contribution in [2.24, 2.45) is 0 Å². The minimum Gasteiger partial charge on any atom is -0.360 e. The smallest absolute Gasteiger partial charge is 0.246 e. The van der Waals surface area contributed by atoms with Crippen molar-refractivity contribution in [1.29, 1.82) is 0 Å². The zero-order chi connectivity index (χ0) is 7.90.